The molecule has 150 valence electrons. The number of imidazole rings is 1. The number of fused-ring (bicyclic) bond motifs is 3. The number of nitrogens with zero attached hydrogens (tertiary/aromatic N) is 4. The van der Waals surface area contributed by atoms with Crippen molar-refractivity contribution >= 4 is 28.0 Å². The van der Waals surface area contributed by atoms with Crippen LogP contribution in [0.5, 0.6) is 0 Å². The zero-order valence-electron chi connectivity index (χ0n) is 17.0. The molecule has 0 aliphatic rings. The summed E-state index contributed by atoms with van der Waals surface area (Å²) in [6, 6.07) is 8.01. The number of para-hydroxylation sites is 1. The van der Waals surface area contributed by atoms with Gasteiger partial charge >= 0.3 is 6.09 Å². The summed E-state index contributed by atoms with van der Waals surface area (Å²) in [6.45, 7) is 8.26. The first-order valence-corrected chi connectivity index (χ1v) is 9.72. The van der Waals surface area contributed by atoms with Gasteiger partial charge in [0.25, 0.3) is 0 Å². The number of ether oxygens (including phenoxy) is 1. The number of carbonyl (C=O) groups is 1. The molecule has 2 aromatic heterocycles. The van der Waals surface area contributed by atoms with E-state index in [-0.39, 0.29) is 6.54 Å². The van der Waals surface area contributed by atoms with Gasteiger partial charge in [0.1, 0.15) is 16.9 Å². The zero-order chi connectivity index (χ0) is 20.3. The SMILES string of the molecule is CCCc1nc2cnc3ccccc3c2n1CCCN(O)C(=O)OC(C)(C)C. The van der Waals surface area contributed by atoms with E-state index in [9.17, 15) is 10.0 Å². The van der Waals surface area contributed by atoms with E-state index in [0.717, 1.165) is 40.6 Å². The van der Waals surface area contributed by atoms with E-state index in [1.165, 1.54) is 0 Å². The number of pyridine rings is 1. The number of aromatic nitrogens is 3. The van der Waals surface area contributed by atoms with E-state index in [2.05, 4.69) is 22.5 Å². The number of rotatable bonds is 6. The Kier molecular flexibility index (Phi) is 5.84. The number of hydrogen-bond donors (Lipinski definition) is 1. The van der Waals surface area contributed by atoms with Gasteiger partial charge in [-0.3, -0.25) is 10.2 Å². The molecule has 0 saturated carbocycles. The van der Waals surface area contributed by atoms with Gasteiger partial charge in [-0.05, 0) is 39.7 Å². The first kappa shape index (κ1) is 20.1. The van der Waals surface area contributed by atoms with Crippen molar-refractivity contribution in [1.82, 2.24) is 19.6 Å². The summed E-state index contributed by atoms with van der Waals surface area (Å²) in [4.78, 5) is 21.2. The Balaban J connectivity index is 1.82. The number of benzene rings is 1. The molecular formula is C21H28N4O3. The fourth-order valence-electron chi connectivity index (χ4n) is 3.25. The molecule has 0 saturated heterocycles. The second-order valence-electron chi connectivity index (χ2n) is 7.90. The van der Waals surface area contributed by atoms with Crippen molar-refractivity contribution in [3.05, 3.63) is 36.3 Å². The van der Waals surface area contributed by atoms with Crippen LogP contribution in [0.25, 0.3) is 21.9 Å². The Hall–Kier alpha value is -2.67. The van der Waals surface area contributed by atoms with Crippen molar-refractivity contribution < 1.29 is 14.7 Å². The normalized spacial score (nSPS) is 11.9. The molecule has 7 heteroatoms. The summed E-state index contributed by atoms with van der Waals surface area (Å²) < 4.78 is 7.37. The van der Waals surface area contributed by atoms with Gasteiger partial charge in [-0.1, -0.05) is 25.1 Å². The Bertz CT molecular complexity index is 975. The van der Waals surface area contributed by atoms with Crippen LogP contribution in [0.2, 0.25) is 0 Å². The molecule has 0 aliphatic heterocycles. The van der Waals surface area contributed by atoms with Crippen molar-refractivity contribution in [2.24, 2.45) is 0 Å². The van der Waals surface area contributed by atoms with Crippen molar-refractivity contribution in [2.75, 3.05) is 6.54 Å². The van der Waals surface area contributed by atoms with Crippen LogP contribution in [0.4, 0.5) is 4.79 Å². The van der Waals surface area contributed by atoms with Gasteiger partial charge < -0.3 is 9.30 Å². The molecule has 0 radical (unpaired) electrons. The third kappa shape index (κ3) is 4.42. The van der Waals surface area contributed by atoms with E-state index < -0.39 is 11.7 Å². The summed E-state index contributed by atoms with van der Waals surface area (Å²) in [6.07, 6.45) is 3.50. The molecule has 1 amide bonds. The fraction of sp³-hybridized carbons (Fsp3) is 0.476. The maximum atomic E-state index is 11.9. The smallest absolute Gasteiger partial charge is 0.434 e. The molecule has 0 fully saturated rings. The van der Waals surface area contributed by atoms with Crippen LogP contribution >= 0.6 is 0 Å². The lowest BCUT2D eigenvalue weighted by Crippen LogP contribution is -2.35. The highest BCUT2D eigenvalue weighted by Gasteiger charge is 2.21. The lowest BCUT2D eigenvalue weighted by atomic mass is 10.2. The first-order chi connectivity index (χ1) is 13.3. The minimum atomic E-state index is -0.730. The first-order valence-electron chi connectivity index (χ1n) is 9.72. The van der Waals surface area contributed by atoms with Crippen LogP contribution in [0.1, 0.15) is 46.4 Å². The molecule has 0 atom stereocenters. The van der Waals surface area contributed by atoms with Crippen molar-refractivity contribution in [1.29, 1.82) is 0 Å². The molecule has 0 bridgehead atoms. The van der Waals surface area contributed by atoms with E-state index in [1.807, 2.05) is 24.4 Å². The largest absolute Gasteiger partial charge is 0.442 e. The van der Waals surface area contributed by atoms with Crippen LogP contribution in [0.3, 0.4) is 0 Å². The van der Waals surface area contributed by atoms with E-state index >= 15 is 0 Å². The van der Waals surface area contributed by atoms with E-state index in [0.29, 0.717) is 18.0 Å². The molecule has 28 heavy (non-hydrogen) atoms. The van der Waals surface area contributed by atoms with Crippen LogP contribution in [0, 0.1) is 0 Å². The average molecular weight is 384 g/mol. The van der Waals surface area contributed by atoms with Gasteiger partial charge in [0.15, 0.2) is 0 Å². The number of aryl methyl sites for hydroxylation is 2. The van der Waals surface area contributed by atoms with Gasteiger partial charge in [0.2, 0.25) is 0 Å². The van der Waals surface area contributed by atoms with Gasteiger partial charge in [-0.15, -0.1) is 0 Å². The van der Waals surface area contributed by atoms with Crippen LogP contribution < -0.4 is 0 Å². The molecule has 7 nitrogen and oxygen atoms in total. The topological polar surface area (TPSA) is 80.5 Å². The Labute approximate surface area is 164 Å². The monoisotopic (exact) mass is 384 g/mol. The van der Waals surface area contributed by atoms with Gasteiger partial charge in [0.05, 0.1) is 23.8 Å². The number of hydrogen-bond acceptors (Lipinski definition) is 5. The summed E-state index contributed by atoms with van der Waals surface area (Å²) in [5.41, 5.74) is 2.21. The predicted octanol–water partition coefficient (Wildman–Crippen LogP) is 4.55. The van der Waals surface area contributed by atoms with E-state index in [4.69, 9.17) is 9.72 Å². The molecule has 0 spiro atoms. The maximum Gasteiger partial charge on any atom is 0.434 e. The summed E-state index contributed by atoms with van der Waals surface area (Å²) in [5, 5.41) is 11.7. The van der Waals surface area contributed by atoms with Gasteiger partial charge in [-0.2, -0.15) is 5.06 Å². The third-order valence-corrected chi connectivity index (χ3v) is 4.39. The minimum Gasteiger partial charge on any atom is -0.442 e. The number of carbonyl (C=O) groups excluding carboxylic acids is 1. The fourth-order valence-corrected chi connectivity index (χ4v) is 3.25. The van der Waals surface area contributed by atoms with E-state index in [1.54, 1.807) is 20.8 Å². The van der Waals surface area contributed by atoms with Crippen LogP contribution in [-0.4, -0.2) is 43.0 Å². The molecule has 0 aliphatic carbocycles. The highest BCUT2D eigenvalue weighted by molar-refractivity contribution is 6.02. The Morgan fingerprint density at radius 2 is 2.00 bits per heavy atom. The zero-order valence-corrected chi connectivity index (χ0v) is 17.0. The molecule has 1 aromatic carbocycles. The Morgan fingerprint density at radius 1 is 1.25 bits per heavy atom. The minimum absolute atomic E-state index is 0.184. The lowest BCUT2D eigenvalue weighted by molar-refractivity contribution is -0.0945. The average Bonchev–Trinajstić information content (AvgIpc) is 2.98. The highest BCUT2D eigenvalue weighted by Crippen LogP contribution is 2.25. The summed E-state index contributed by atoms with van der Waals surface area (Å²) >= 11 is 0. The predicted molar refractivity (Wildman–Crippen MR) is 108 cm³/mol. The standard InChI is InChI=1S/C21H28N4O3/c1-5-9-18-23-17-14-22-16-11-7-6-10-15(16)19(17)24(18)12-8-13-25(27)20(26)28-21(2,3)4/h6-7,10-11,14,27H,5,8-9,12-13H2,1-4H3. The van der Waals surface area contributed by atoms with Crippen LogP contribution in [0.15, 0.2) is 30.5 Å². The number of hydroxylamine groups is 2. The summed E-state index contributed by atoms with van der Waals surface area (Å²) in [5.74, 6) is 0.998. The van der Waals surface area contributed by atoms with Gasteiger partial charge in [-0.25, -0.2) is 9.78 Å². The van der Waals surface area contributed by atoms with Crippen molar-refractivity contribution in [3.8, 4) is 0 Å². The quantitative estimate of drug-likeness (QED) is 0.498. The summed E-state index contributed by atoms with van der Waals surface area (Å²) in [7, 11) is 0. The van der Waals surface area contributed by atoms with Crippen LogP contribution in [-0.2, 0) is 17.7 Å². The highest BCUT2D eigenvalue weighted by atomic mass is 16.6. The molecular weight excluding hydrogens is 356 g/mol. The molecule has 3 rings (SSSR count). The lowest BCUT2D eigenvalue weighted by Gasteiger charge is -2.23. The van der Waals surface area contributed by atoms with Gasteiger partial charge in [0, 0.05) is 18.4 Å². The third-order valence-electron chi connectivity index (χ3n) is 4.39. The second-order valence-corrected chi connectivity index (χ2v) is 7.90. The number of amides is 1. The van der Waals surface area contributed by atoms with Crippen molar-refractivity contribution in [3.63, 3.8) is 0 Å². The molecule has 0 unspecified atom stereocenters. The molecule has 1 N–H and O–H groups in total. The maximum absolute atomic E-state index is 11.9. The van der Waals surface area contributed by atoms with Crippen molar-refractivity contribution in [2.45, 2.75) is 59.1 Å². The molecule has 2 heterocycles. The Morgan fingerprint density at radius 3 is 2.71 bits per heavy atom. The molecule has 3 aromatic rings. The second kappa shape index (κ2) is 8.14.